The molecule has 51 heavy (non-hydrogen) atoms. The molecule has 2 unspecified atom stereocenters. The van der Waals surface area contributed by atoms with Gasteiger partial charge in [-0.25, -0.2) is 23.8 Å². The minimum absolute atomic E-state index is 0.00736. The first-order chi connectivity index (χ1) is 24.1. The Bertz CT molecular complexity index is 2040. The first kappa shape index (κ1) is 36.7. The number of pyridine rings is 1. The number of carbonyl (C=O) groups is 2. The van der Waals surface area contributed by atoms with E-state index in [2.05, 4.69) is 23.8 Å². The number of hydrogen-bond acceptors (Lipinski definition) is 19. The molecule has 0 saturated carbocycles. The number of ether oxygens (including phenoxy) is 2. The van der Waals surface area contributed by atoms with Gasteiger partial charge >= 0.3 is 7.82 Å². The molecular formula is C26H29N7O16P2. The maximum Gasteiger partial charge on any atom is 0.478 e. The molecule has 0 aliphatic carbocycles. The molecule has 6 rings (SSSR count). The summed E-state index contributed by atoms with van der Waals surface area (Å²) in [5.41, 5.74) is 11.3. The topological polar surface area (TPSA) is 351 Å². The summed E-state index contributed by atoms with van der Waals surface area (Å²) in [6.07, 6.45) is -8.71. The fourth-order valence-electron chi connectivity index (χ4n) is 5.37. The van der Waals surface area contributed by atoms with Crippen LogP contribution in [0.5, 0.6) is 0 Å². The Kier molecular flexibility index (Phi) is 10.2. The lowest BCUT2D eigenvalue weighted by Gasteiger charge is -2.26. The van der Waals surface area contributed by atoms with Gasteiger partial charge in [-0.2, -0.15) is 4.57 Å². The zero-order chi connectivity index (χ0) is 36.8. The number of rotatable bonds is 13. The Hall–Kier alpha value is -4.06. The van der Waals surface area contributed by atoms with Crippen molar-refractivity contribution in [2.75, 3.05) is 18.9 Å². The van der Waals surface area contributed by atoms with E-state index in [1.165, 1.54) is 45.8 Å². The van der Waals surface area contributed by atoms with Gasteiger partial charge in [0.1, 0.15) is 42.4 Å². The molecule has 2 aliphatic heterocycles. The van der Waals surface area contributed by atoms with Crippen LogP contribution in [0.3, 0.4) is 0 Å². The molecule has 25 heteroatoms. The van der Waals surface area contributed by atoms with E-state index in [0.29, 0.717) is 6.29 Å². The number of aliphatic hydroxyl groups is 4. The summed E-state index contributed by atoms with van der Waals surface area (Å²) in [5, 5.41) is 42.5. The quantitative estimate of drug-likeness (QED) is 0.0418. The number of aliphatic hydroxyl groups excluding tert-OH is 4. The molecule has 2 fully saturated rings. The van der Waals surface area contributed by atoms with Crippen LogP contribution in [0.15, 0.2) is 47.4 Å². The van der Waals surface area contributed by atoms with E-state index in [4.69, 9.17) is 29.9 Å². The summed E-state index contributed by atoms with van der Waals surface area (Å²) in [6, 6.07) is 5.52. The third-order valence-corrected chi connectivity index (χ3v) is 10.4. The number of aldehydes is 1. The normalized spacial score (nSPS) is 28.8. The van der Waals surface area contributed by atoms with Crippen LogP contribution in [0.4, 0.5) is 5.82 Å². The Morgan fingerprint density at radius 2 is 1.75 bits per heavy atom. The minimum Gasteiger partial charge on any atom is -0.756 e. The van der Waals surface area contributed by atoms with Crippen LogP contribution < -0.4 is 20.9 Å². The van der Waals surface area contributed by atoms with Gasteiger partial charge in [-0.05, 0) is 18.2 Å². The molecule has 0 spiro atoms. The highest BCUT2D eigenvalue weighted by atomic mass is 31.3. The second kappa shape index (κ2) is 14.2. The largest absolute Gasteiger partial charge is 0.756 e. The van der Waals surface area contributed by atoms with Crippen molar-refractivity contribution in [3.05, 3.63) is 54.3 Å². The van der Waals surface area contributed by atoms with Gasteiger partial charge in [-0.3, -0.25) is 23.2 Å². The molecule has 2 aliphatic rings. The van der Waals surface area contributed by atoms with Gasteiger partial charge < -0.3 is 60.1 Å². The standard InChI is InChI=1S/C26H29N7O16P2/c27-21-16-24(30-10-29-21)33(23(31-16)13-4-3-12(7-34)46-13)26-20(38)18(36)15(48-26)9-45-51(42,43)49-50(40,41)44-8-14-17(35)19(37)25(47-14)32-5-1-2-11(6-32)22(28)39/h1-7,10,14-15,17-20,25-26,35-38H,8-9H2,(H5-,27,28,29,30,34,39,40,41,42,43)/t14-,15-,17-,18-,19-,20-,25-,26-/m1/s1. The number of phosphoric ester groups is 2. The van der Waals surface area contributed by atoms with E-state index in [1.807, 2.05) is 0 Å². The fraction of sp³-hybridized carbons (Fsp3) is 0.385. The van der Waals surface area contributed by atoms with E-state index in [0.717, 1.165) is 6.33 Å². The number of phosphoric acid groups is 2. The van der Waals surface area contributed by atoms with Crippen molar-refractivity contribution >= 4 is 44.8 Å². The second-order valence-corrected chi connectivity index (χ2v) is 14.1. The predicted octanol–water partition coefficient (Wildman–Crippen LogP) is -2.58. The Morgan fingerprint density at radius 1 is 1.04 bits per heavy atom. The summed E-state index contributed by atoms with van der Waals surface area (Å²) < 4.78 is 57.7. The first-order valence-corrected chi connectivity index (χ1v) is 17.6. The zero-order valence-electron chi connectivity index (χ0n) is 25.7. The van der Waals surface area contributed by atoms with Crippen molar-refractivity contribution in [3.8, 4) is 11.6 Å². The number of amides is 1. The number of furan rings is 1. The van der Waals surface area contributed by atoms with Gasteiger partial charge in [0.25, 0.3) is 20.0 Å². The molecule has 9 N–H and O–H groups in total. The van der Waals surface area contributed by atoms with E-state index >= 15 is 0 Å². The number of fused-ring (bicyclic) bond motifs is 1. The second-order valence-electron chi connectivity index (χ2n) is 11.1. The lowest BCUT2D eigenvalue weighted by atomic mass is 10.1. The predicted molar refractivity (Wildman–Crippen MR) is 160 cm³/mol. The van der Waals surface area contributed by atoms with Crippen LogP contribution in [0.25, 0.3) is 22.7 Å². The van der Waals surface area contributed by atoms with E-state index in [-0.39, 0.29) is 39.9 Å². The molecule has 6 heterocycles. The molecule has 10 atom stereocenters. The van der Waals surface area contributed by atoms with Crippen molar-refractivity contribution in [1.82, 2.24) is 19.5 Å². The van der Waals surface area contributed by atoms with Crippen molar-refractivity contribution < 1.29 is 80.7 Å². The van der Waals surface area contributed by atoms with E-state index in [9.17, 15) is 48.9 Å². The average molecular weight is 757 g/mol. The molecule has 23 nitrogen and oxygen atoms in total. The van der Waals surface area contributed by atoms with Crippen LogP contribution in [-0.2, 0) is 32.0 Å². The van der Waals surface area contributed by atoms with Gasteiger partial charge in [0.15, 0.2) is 65.3 Å². The summed E-state index contributed by atoms with van der Waals surface area (Å²) >= 11 is 0. The highest BCUT2D eigenvalue weighted by Crippen LogP contribution is 2.58. The maximum absolute atomic E-state index is 12.6. The number of nitrogen functional groups attached to an aromatic ring is 1. The van der Waals surface area contributed by atoms with Crippen LogP contribution in [0.2, 0.25) is 0 Å². The molecule has 2 saturated heterocycles. The lowest BCUT2D eigenvalue weighted by Crippen LogP contribution is -2.46. The van der Waals surface area contributed by atoms with Crippen LogP contribution in [0, 0.1) is 0 Å². The molecule has 4 aromatic heterocycles. The Morgan fingerprint density at radius 3 is 2.45 bits per heavy atom. The summed E-state index contributed by atoms with van der Waals surface area (Å²) in [7, 11) is -11.2. The number of primary amides is 1. The average Bonchev–Trinajstić information content (AvgIpc) is 3.84. The highest BCUT2D eigenvalue weighted by molar-refractivity contribution is 7.60. The Balaban J connectivity index is 1.10. The van der Waals surface area contributed by atoms with E-state index < -0.39 is 83.8 Å². The number of carbonyl (C=O) groups excluding carboxylic acids is 2. The van der Waals surface area contributed by atoms with Crippen LogP contribution >= 0.6 is 15.6 Å². The molecule has 0 bridgehead atoms. The smallest absolute Gasteiger partial charge is 0.478 e. The number of hydrogen-bond donors (Lipinski definition) is 7. The molecule has 0 radical (unpaired) electrons. The van der Waals surface area contributed by atoms with E-state index in [1.54, 1.807) is 0 Å². The molecule has 0 aromatic carbocycles. The lowest BCUT2D eigenvalue weighted by molar-refractivity contribution is -0.765. The van der Waals surface area contributed by atoms with Crippen molar-refractivity contribution in [2.24, 2.45) is 5.73 Å². The third-order valence-electron chi connectivity index (χ3n) is 7.80. The van der Waals surface area contributed by atoms with Crippen molar-refractivity contribution in [1.29, 1.82) is 0 Å². The van der Waals surface area contributed by atoms with Crippen LogP contribution in [-0.4, -0.2) is 107 Å². The number of aromatic nitrogens is 5. The third kappa shape index (κ3) is 7.47. The molecular weight excluding hydrogens is 728 g/mol. The van der Waals surface area contributed by atoms with Crippen LogP contribution in [0.1, 0.15) is 33.4 Å². The number of imidazole rings is 1. The highest BCUT2D eigenvalue weighted by Gasteiger charge is 2.50. The molecule has 274 valence electrons. The molecule has 1 amide bonds. The number of anilines is 1. The van der Waals surface area contributed by atoms with Gasteiger partial charge in [-0.1, -0.05) is 0 Å². The number of nitrogens with zero attached hydrogens (tertiary/aromatic N) is 5. The SMILES string of the molecule is NC(=O)c1ccc[n+]([C@@H]2O[C@H](COP(=O)([O-])OP(=O)(O)OC[C@H]3O[C@@H](n4c(-c5ccc(C=O)o5)nc5c(N)ncnc54)[C@H](O)[C@@H]3O)[C@@H](O)[C@H]2O)c1. The van der Waals surface area contributed by atoms with Gasteiger partial charge in [-0.15, -0.1) is 0 Å². The van der Waals surface area contributed by atoms with Crippen molar-refractivity contribution in [3.63, 3.8) is 0 Å². The van der Waals surface area contributed by atoms with Gasteiger partial charge in [0, 0.05) is 6.07 Å². The fourth-order valence-corrected chi connectivity index (χ4v) is 7.43. The van der Waals surface area contributed by atoms with Gasteiger partial charge in [0.2, 0.25) is 0 Å². The first-order valence-electron chi connectivity index (χ1n) is 14.6. The minimum atomic E-state index is -5.69. The van der Waals surface area contributed by atoms with Crippen molar-refractivity contribution in [2.45, 2.75) is 49.1 Å². The summed E-state index contributed by atoms with van der Waals surface area (Å²) in [5.74, 6) is -0.978. The maximum atomic E-state index is 12.6. The number of nitrogens with two attached hydrogens (primary N) is 2. The summed E-state index contributed by atoms with van der Waals surface area (Å²) in [6.45, 7) is -2.01. The zero-order valence-corrected chi connectivity index (χ0v) is 27.5. The molecule has 4 aromatic rings. The van der Waals surface area contributed by atoms with Gasteiger partial charge in [0.05, 0.1) is 13.2 Å². The summed E-state index contributed by atoms with van der Waals surface area (Å²) in [4.78, 5) is 57.6. The monoisotopic (exact) mass is 757 g/mol. The Labute approximate surface area is 284 Å².